The average Bonchev–Trinajstić information content (AvgIpc) is 3.19. The van der Waals surface area contributed by atoms with Gasteiger partial charge in [-0.25, -0.2) is 14.3 Å². The summed E-state index contributed by atoms with van der Waals surface area (Å²) in [6.45, 7) is 0.856. The van der Waals surface area contributed by atoms with Crippen LogP contribution in [0.1, 0.15) is 12.1 Å². The van der Waals surface area contributed by atoms with Crippen LogP contribution in [0.2, 0.25) is 4.34 Å². The minimum Gasteiger partial charge on any atom is -0.477 e. The number of anilines is 1. The number of carboxylic acids is 1. The zero-order chi connectivity index (χ0) is 25.8. The number of rotatable bonds is 10. The number of thioether (sulfide) groups is 1. The molecule has 2 aliphatic rings. The van der Waals surface area contributed by atoms with Crippen molar-refractivity contribution < 1.29 is 28.9 Å². The molecule has 0 spiro atoms. The lowest BCUT2D eigenvalue weighted by atomic mass is 10.0. The molecule has 36 heavy (non-hydrogen) atoms. The molecule has 1 saturated heterocycles. The molecular weight excluding hydrogens is 530 g/mol. The Hall–Kier alpha value is -3.20. The highest BCUT2D eigenvalue weighted by atomic mass is 35.5. The van der Waals surface area contributed by atoms with Gasteiger partial charge in [0, 0.05) is 23.5 Å². The summed E-state index contributed by atoms with van der Waals surface area (Å²) >= 11 is 8.50. The van der Waals surface area contributed by atoms with Crippen molar-refractivity contribution in [2.24, 2.45) is 10.9 Å². The van der Waals surface area contributed by atoms with Gasteiger partial charge in [-0.2, -0.15) is 0 Å². The van der Waals surface area contributed by atoms with E-state index < -0.39 is 29.2 Å². The molecule has 0 saturated carbocycles. The van der Waals surface area contributed by atoms with E-state index in [4.69, 9.17) is 27.9 Å². The summed E-state index contributed by atoms with van der Waals surface area (Å²) in [6, 6.07) is 4.56. The lowest BCUT2D eigenvalue weighted by Crippen LogP contribution is -2.71. The Kier molecular flexibility index (Phi) is 8.08. The Morgan fingerprint density at radius 3 is 2.75 bits per heavy atom. The van der Waals surface area contributed by atoms with Gasteiger partial charge in [0.25, 0.3) is 11.8 Å². The summed E-state index contributed by atoms with van der Waals surface area (Å²) in [4.78, 5) is 48.7. The highest BCUT2D eigenvalue weighted by Gasteiger charge is 2.54. The fourth-order valence-electron chi connectivity index (χ4n) is 3.69. The first-order valence-corrected chi connectivity index (χ1v) is 13.0. The van der Waals surface area contributed by atoms with Crippen LogP contribution in [0.25, 0.3) is 0 Å². The smallest absolute Gasteiger partial charge is 0.352 e. The third-order valence-corrected chi connectivity index (χ3v) is 7.75. The van der Waals surface area contributed by atoms with E-state index in [-0.39, 0.29) is 33.2 Å². The normalized spacial score (nSPS) is 19.6. The largest absolute Gasteiger partial charge is 0.477 e. The topological polar surface area (TPSA) is 177 Å². The predicted octanol–water partition coefficient (Wildman–Crippen LogP) is 0.175. The molecule has 2 atom stereocenters. The van der Waals surface area contributed by atoms with E-state index >= 15 is 0 Å². The second kappa shape index (κ2) is 11.2. The van der Waals surface area contributed by atoms with Crippen LogP contribution in [-0.4, -0.2) is 68.8 Å². The second-order valence-corrected chi connectivity index (χ2v) is 10.5. The van der Waals surface area contributed by atoms with Gasteiger partial charge in [-0.1, -0.05) is 34.2 Å². The Balaban J connectivity index is 1.53. The molecule has 1 fully saturated rings. The number of hydrogen-bond donors (Lipinski definition) is 4. The van der Waals surface area contributed by atoms with Crippen LogP contribution in [0.5, 0.6) is 0 Å². The van der Waals surface area contributed by atoms with Crippen LogP contribution in [0.3, 0.4) is 0 Å². The molecule has 0 aliphatic carbocycles. The number of hydrogen-bond acceptors (Lipinski definition) is 10. The second-order valence-electron chi connectivity index (χ2n) is 7.76. The zero-order valence-corrected chi connectivity index (χ0v) is 21.2. The van der Waals surface area contributed by atoms with Crippen LogP contribution in [0.15, 0.2) is 47.0 Å². The SMILES string of the molecule is NCCCO/N=C(\C(=O)N[C@@H]1C(=O)N2C(C(=O)O)=C(C[n+]3ccccc3)CS[C@H]12)c1nc(N)sc1Cl. The molecule has 15 heteroatoms. The van der Waals surface area contributed by atoms with Gasteiger partial charge in [-0.15, -0.1) is 11.8 Å². The molecular formula is C21H23ClN7O5S2+. The molecule has 0 bridgehead atoms. The van der Waals surface area contributed by atoms with Gasteiger partial charge in [0.05, 0.1) is 0 Å². The zero-order valence-electron chi connectivity index (χ0n) is 18.8. The minimum absolute atomic E-state index is 0.0256. The number of fused-ring (bicyclic) bond motifs is 1. The van der Waals surface area contributed by atoms with E-state index in [1.807, 2.05) is 35.2 Å². The first-order chi connectivity index (χ1) is 17.3. The molecule has 4 heterocycles. The molecule has 190 valence electrons. The van der Waals surface area contributed by atoms with E-state index in [2.05, 4.69) is 15.5 Å². The Labute approximate surface area is 218 Å². The van der Waals surface area contributed by atoms with Gasteiger partial charge in [0.15, 0.2) is 29.8 Å². The number of nitrogens with two attached hydrogens (primary N) is 2. The summed E-state index contributed by atoms with van der Waals surface area (Å²) in [7, 11) is 0. The Morgan fingerprint density at radius 2 is 2.11 bits per heavy atom. The highest BCUT2D eigenvalue weighted by Crippen LogP contribution is 2.40. The van der Waals surface area contributed by atoms with Crippen LogP contribution in [-0.2, 0) is 25.8 Å². The minimum atomic E-state index is -1.20. The maximum atomic E-state index is 13.1. The third kappa shape index (κ3) is 5.31. The van der Waals surface area contributed by atoms with E-state index in [0.717, 1.165) is 11.3 Å². The number of amides is 2. The summed E-state index contributed by atoms with van der Waals surface area (Å²) < 4.78 is 1.97. The van der Waals surface area contributed by atoms with Crippen LogP contribution in [0, 0.1) is 0 Å². The van der Waals surface area contributed by atoms with Gasteiger partial charge in [-0.3, -0.25) is 14.5 Å². The summed E-state index contributed by atoms with van der Waals surface area (Å²) in [5.41, 5.74) is 11.5. The predicted molar refractivity (Wildman–Crippen MR) is 134 cm³/mol. The first-order valence-electron chi connectivity index (χ1n) is 10.8. The maximum absolute atomic E-state index is 13.1. The van der Waals surface area contributed by atoms with Crippen LogP contribution in [0.4, 0.5) is 5.13 Å². The maximum Gasteiger partial charge on any atom is 0.352 e. The van der Waals surface area contributed by atoms with Crippen molar-refractivity contribution in [3.05, 3.63) is 51.9 Å². The van der Waals surface area contributed by atoms with E-state index in [9.17, 15) is 19.5 Å². The van der Waals surface area contributed by atoms with E-state index in [0.29, 0.717) is 30.8 Å². The lowest BCUT2D eigenvalue weighted by Gasteiger charge is -2.49. The number of β-lactam (4-membered cyclic amide) rings is 1. The van der Waals surface area contributed by atoms with Crippen molar-refractivity contribution in [1.82, 2.24) is 15.2 Å². The number of oxime groups is 1. The van der Waals surface area contributed by atoms with E-state index in [1.54, 1.807) is 0 Å². The van der Waals surface area contributed by atoms with Gasteiger partial charge < -0.3 is 26.7 Å². The number of carbonyl (C=O) groups excluding carboxylic acids is 2. The van der Waals surface area contributed by atoms with E-state index in [1.165, 1.54) is 16.7 Å². The fourth-order valence-corrected chi connectivity index (χ4v) is 5.95. The number of aliphatic carboxylic acids is 1. The van der Waals surface area contributed by atoms with Crippen molar-refractivity contribution in [2.45, 2.75) is 24.4 Å². The Morgan fingerprint density at radius 1 is 1.36 bits per heavy atom. The van der Waals surface area contributed by atoms with Crippen molar-refractivity contribution >= 4 is 63.3 Å². The number of carboxylic acid groups (broad SMARTS) is 1. The van der Waals surface area contributed by atoms with Crippen molar-refractivity contribution in [3.63, 3.8) is 0 Å². The number of nitrogen functional groups attached to an aromatic ring is 1. The molecule has 0 unspecified atom stereocenters. The molecule has 2 aliphatic heterocycles. The van der Waals surface area contributed by atoms with Crippen molar-refractivity contribution in [1.29, 1.82) is 0 Å². The molecule has 0 radical (unpaired) electrons. The monoisotopic (exact) mass is 552 g/mol. The third-order valence-electron chi connectivity index (χ3n) is 5.32. The van der Waals surface area contributed by atoms with Gasteiger partial charge in [0.2, 0.25) is 0 Å². The highest BCUT2D eigenvalue weighted by molar-refractivity contribution is 8.00. The van der Waals surface area contributed by atoms with Gasteiger partial charge >= 0.3 is 5.97 Å². The lowest BCUT2D eigenvalue weighted by molar-refractivity contribution is -0.689. The first kappa shape index (κ1) is 25.9. The average molecular weight is 553 g/mol. The van der Waals surface area contributed by atoms with Crippen molar-refractivity contribution in [3.8, 4) is 0 Å². The quantitative estimate of drug-likeness (QED) is 0.105. The summed E-state index contributed by atoms with van der Waals surface area (Å²) in [5, 5.41) is 15.9. The molecule has 0 aromatic carbocycles. The number of aromatic nitrogens is 2. The molecule has 6 N–H and O–H groups in total. The Bertz CT molecular complexity index is 1240. The molecule has 2 aromatic heterocycles. The van der Waals surface area contributed by atoms with Crippen molar-refractivity contribution in [2.75, 3.05) is 24.6 Å². The molecule has 2 amide bonds. The fraction of sp³-hybridized carbons (Fsp3) is 0.333. The van der Waals surface area contributed by atoms with Gasteiger partial charge in [-0.05, 0) is 13.0 Å². The summed E-state index contributed by atoms with van der Waals surface area (Å²) in [6.07, 6.45) is 4.14. The number of pyridine rings is 1. The standard InChI is InChI=1S/C21H22ClN7O5S2/c22-16-12(26-21(24)36-16)13(27-34-8-4-5-23)17(30)25-14-18(31)29-15(20(32)33)11(10-35-19(14)29)9-28-6-2-1-3-7-28/h1-3,6-7,14,19H,4-5,8-10,23H2,(H3-,24,25,26,30,32,33)/p+1/b27-13-/t14-,19-/m1/s1. The molecule has 12 nitrogen and oxygen atoms in total. The number of carbonyl (C=O) groups is 3. The van der Waals surface area contributed by atoms with Crippen LogP contribution >= 0.6 is 34.7 Å². The van der Waals surface area contributed by atoms with Crippen LogP contribution < -0.4 is 21.4 Å². The number of nitrogens with zero attached hydrogens (tertiary/aromatic N) is 4. The van der Waals surface area contributed by atoms with Gasteiger partial charge in [0.1, 0.15) is 33.7 Å². The molecule has 2 aromatic rings. The molecule has 4 rings (SSSR count). The number of thiazole rings is 1. The number of halogens is 1. The summed E-state index contributed by atoms with van der Waals surface area (Å²) in [5.74, 6) is -2.12. The number of nitrogens with one attached hydrogen (secondary N) is 1.